The molecule has 3 rings (SSSR count). The molecule has 0 aromatic heterocycles. The van der Waals surface area contributed by atoms with Crippen LogP contribution in [0.15, 0.2) is 48.7 Å². The molecule has 0 saturated carbocycles. The standard InChI is InChI=1S/C14H10FNO/c15-13-4-1-10(2-5-13)11-3-6-14-12(9-11)7-8-16-17-14/h1-9,16H. The summed E-state index contributed by atoms with van der Waals surface area (Å²) in [5.74, 6) is 0.567. The molecule has 0 radical (unpaired) electrons. The maximum Gasteiger partial charge on any atom is 0.162 e. The molecule has 0 saturated heterocycles. The van der Waals surface area contributed by atoms with Gasteiger partial charge in [0.1, 0.15) is 5.82 Å². The molecule has 17 heavy (non-hydrogen) atoms. The van der Waals surface area contributed by atoms with Crippen molar-refractivity contribution >= 4 is 6.08 Å². The van der Waals surface area contributed by atoms with E-state index in [1.807, 2.05) is 24.3 Å². The minimum absolute atomic E-state index is 0.223. The number of hydrogen-bond donors (Lipinski definition) is 1. The van der Waals surface area contributed by atoms with Crippen molar-refractivity contribution in [1.82, 2.24) is 5.48 Å². The molecule has 0 aliphatic carbocycles. The van der Waals surface area contributed by atoms with Crippen LogP contribution in [-0.4, -0.2) is 0 Å². The van der Waals surface area contributed by atoms with Gasteiger partial charge in [-0.1, -0.05) is 18.2 Å². The van der Waals surface area contributed by atoms with Crippen molar-refractivity contribution in [3.63, 3.8) is 0 Å². The third-order valence-electron chi connectivity index (χ3n) is 2.69. The highest BCUT2D eigenvalue weighted by atomic mass is 19.1. The van der Waals surface area contributed by atoms with E-state index in [1.165, 1.54) is 12.1 Å². The molecular weight excluding hydrogens is 217 g/mol. The highest BCUT2D eigenvalue weighted by molar-refractivity contribution is 5.70. The fraction of sp³-hybridized carbons (Fsp3) is 0. The van der Waals surface area contributed by atoms with E-state index >= 15 is 0 Å². The van der Waals surface area contributed by atoms with E-state index in [0.717, 1.165) is 22.4 Å². The summed E-state index contributed by atoms with van der Waals surface area (Å²) >= 11 is 0. The fourth-order valence-corrected chi connectivity index (χ4v) is 1.81. The highest BCUT2D eigenvalue weighted by Gasteiger charge is 2.07. The molecule has 84 valence electrons. The zero-order valence-corrected chi connectivity index (χ0v) is 8.98. The Kier molecular flexibility index (Phi) is 2.29. The number of fused-ring (bicyclic) bond motifs is 1. The Balaban J connectivity index is 2.05. The summed E-state index contributed by atoms with van der Waals surface area (Å²) < 4.78 is 12.8. The van der Waals surface area contributed by atoms with Gasteiger partial charge in [0.2, 0.25) is 0 Å². The van der Waals surface area contributed by atoms with Gasteiger partial charge in [0, 0.05) is 11.8 Å². The third kappa shape index (κ3) is 1.87. The molecule has 0 spiro atoms. The van der Waals surface area contributed by atoms with E-state index in [2.05, 4.69) is 5.48 Å². The second kappa shape index (κ2) is 3.94. The predicted octanol–water partition coefficient (Wildman–Crippen LogP) is 3.36. The van der Waals surface area contributed by atoms with E-state index in [9.17, 15) is 4.39 Å². The van der Waals surface area contributed by atoms with Crippen molar-refractivity contribution < 1.29 is 9.23 Å². The fourth-order valence-electron chi connectivity index (χ4n) is 1.81. The number of halogens is 1. The predicted molar refractivity (Wildman–Crippen MR) is 64.6 cm³/mol. The molecule has 2 nitrogen and oxygen atoms in total. The minimum Gasteiger partial charge on any atom is -0.382 e. The van der Waals surface area contributed by atoms with Crippen molar-refractivity contribution in [2.45, 2.75) is 0 Å². The number of hydroxylamine groups is 1. The van der Waals surface area contributed by atoms with Gasteiger partial charge in [0.05, 0.1) is 0 Å². The van der Waals surface area contributed by atoms with Crippen molar-refractivity contribution in [3.8, 4) is 16.9 Å². The zero-order chi connectivity index (χ0) is 11.7. The average molecular weight is 227 g/mol. The van der Waals surface area contributed by atoms with Crippen LogP contribution in [0.3, 0.4) is 0 Å². The van der Waals surface area contributed by atoms with E-state index < -0.39 is 0 Å². The van der Waals surface area contributed by atoms with Crippen LogP contribution in [0.4, 0.5) is 4.39 Å². The van der Waals surface area contributed by atoms with Crippen LogP contribution >= 0.6 is 0 Å². The Bertz CT molecular complexity index is 575. The van der Waals surface area contributed by atoms with Gasteiger partial charge in [-0.25, -0.2) is 9.87 Å². The number of hydrogen-bond acceptors (Lipinski definition) is 2. The van der Waals surface area contributed by atoms with Gasteiger partial charge in [-0.05, 0) is 41.5 Å². The Morgan fingerprint density at radius 3 is 2.53 bits per heavy atom. The van der Waals surface area contributed by atoms with E-state index in [0.29, 0.717) is 0 Å². The van der Waals surface area contributed by atoms with Gasteiger partial charge in [-0.2, -0.15) is 0 Å². The van der Waals surface area contributed by atoms with Crippen LogP contribution in [-0.2, 0) is 0 Å². The lowest BCUT2D eigenvalue weighted by molar-refractivity contribution is 0.239. The molecule has 1 aliphatic heterocycles. The third-order valence-corrected chi connectivity index (χ3v) is 2.69. The molecule has 1 heterocycles. The molecule has 0 amide bonds. The molecule has 2 aromatic rings. The summed E-state index contributed by atoms with van der Waals surface area (Å²) in [5.41, 5.74) is 5.71. The summed E-state index contributed by atoms with van der Waals surface area (Å²) in [5, 5.41) is 0. The first kappa shape index (κ1) is 9.90. The maximum atomic E-state index is 12.8. The van der Waals surface area contributed by atoms with Gasteiger partial charge in [-0.15, -0.1) is 0 Å². The molecule has 1 aliphatic rings. The lowest BCUT2D eigenvalue weighted by atomic mass is 10.0. The number of nitrogens with one attached hydrogen (secondary N) is 1. The monoisotopic (exact) mass is 227 g/mol. The van der Waals surface area contributed by atoms with Crippen molar-refractivity contribution in [3.05, 3.63) is 60.0 Å². The number of benzene rings is 2. The quantitative estimate of drug-likeness (QED) is 0.806. The average Bonchev–Trinajstić information content (AvgIpc) is 2.39. The summed E-state index contributed by atoms with van der Waals surface area (Å²) in [6, 6.07) is 12.3. The van der Waals surface area contributed by atoms with Gasteiger partial charge in [-0.3, -0.25) is 0 Å². The SMILES string of the molecule is Fc1ccc(-c2ccc3c(c2)C=CNO3)cc1. The van der Waals surface area contributed by atoms with Crippen LogP contribution < -0.4 is 10.3 Å². The van der Waals surface area contributed by atoms with Gasteiger partial charge in [0.25, 0.3) is 0 Å². The lowest BCUT2D eigenvalue weighted by Crippen LogP contribution is -2.14. The second-order valence-corrected chi connectivity index (χ2v) is 3.81. The number of rotatable bonds is 1. The first-order valence-corrected chi connectivity index (χ1v) is 5.32. The molecular formula is C14H10FNO. The smallest absolute Gasteiger partial charge is 0.162 e. The van der Waals surface area contributed by atoms with Crippen molar-refractivity contribution in [1.29, 1.82) is 0 Å². The van der Waals surface area contributed by atoms with Crippen LogP contribution in [0.1, 0.15) is 5.56 Å². The molecule has 1 N–H and O–H groups in total. The first-order chi connectivity index (χ1) is 8.33. The second-order valence-electron chi connectivity index (χ2n) is 3.81. The molecule has 0 unspecified atom stereocenters. The molecule has 0 atom stereocenters. The summed E-state index contributed by atoms with van der Waals surface area (Å²) in [4.78, 5) is 5.24. The van der Waals surface area contributed by atoms with Crippen LogP contribution in [0.25, 0.3) is 17.2 Å². The Morgan fingerprint density at radius 1 is 0.941 bits per heavy atom. The van der Waals surface area contributed by atoms with Gasteiger partial charge in [0.15, 0.2) is 5.75 Å². The van der Waals surface area contributed by atoms with Crippen LogP contribution in [0.2, 0.25) is 0 Å². The van der Waals surface area contributed by atoms with E-state index in [1.54, 1.807) is 18.3 Å². The Labute approximate surface area is 98.3 Å². The Hall–Kier alpha value is -2.29. The van der Waals surface area contributed by atoms with Crippen LogP contribution in [0, 0.1) is 5.82 Å². The first-order valence-electron chi connectivity index (χ1n) is 5.32. The lowest BCUT2D eigenvalue weighted by Gasteiger charge is -2.13. The zero-order valence-electron chi connectivity index (χ0n) is 8.98. The summed E-state index contributed by atoms with van der Waals surface area (Å²) in [6.45, 7) is 0. The molecule has 0 fully saturated rings. The normalized spacial score (nSPS) is 12.5. The van der Waals surface area contributed by atoms with Crippen molar-refractivity contribution in [2.24, 2.45) is 0 Å². The van der Waals surface area contributed by atoms with E-state index in [4.69, 9.17) is 4.84 Å². The van der Waals surface area contributed by atoms with Gasteiger partial charge < -0.3 is 4.84 Å². The molecule has 0 bridgehead atoms. The Morgan fingerprint density at radius 2 is 1.71 bits per heavy atom. The van der Waals surface area contributed by atoms with Crippen LogP contribution in [0.5, 0.6) is 5.75 Å². The van der Waals surface area contributed by atoms with Crippen molar-refractivity contribution in [2.75, 3.05) is 0 Å². The highest BCUT2D eigenvalue weighted by Crippen LogP contribution is 2.28. The largest absolute Gasteiger partial charge is 0.382 e. The molecule has 3 heteroatoms. The molecule has 2 aromatic carbocycles. The summed E-state index contributed by atoms with van der Waals surface area (Å²) in [7, 11) is 0. The van der Waals surface area contributed by atoms with Gasteiger partial charge >= 0.3 is 0 Å². The van der Waals surface area contributed by atoms with E-state index in [-0.39, 0.29) is 5.82 Å². The minimum atomic E-state index is -0.223. The maximum absolute atomic E-state index is 12.8. The topological polar surface area (TPSA) is 21.3 Å². The summed E-state index contributed by atoms with van der Waals surface area (Å²) in [6.07, 6.45) is 3.67.